The molecule has 0 heterocycles. The van der Waals surface area contributed by atoms with Gasteiger partial charge in [-0.3, -0.25) is 0 Å². The zero-order chi connectivity index (χ0) is 11.3. The molecular weight excluding hydrogens is 258 g/mol. The van der Waals surface area contributed by atoms with E-state index in [4.69, 9.17) is 9.94 Å². The fourth-order valence-corrected chi connectivity index (χ4v) is 1.46. The van der Waals surface area contributed by atoms with Gasteiger partial charge in [-0.15, -0.1) is 0 Å². The van der Waals surface area contributed by atoms with E-state index in [-0.39, 0.29) is 0 Å². The highest BCUT2D eigenvalue weighted by Crippen LogP contribution is 2.24. The summed E-state index contributed by atoms with van der Waals surface area (Å²) in [6.45, 7) is 5.71. The Morgan fingerprint density at radius 3 is 3.00 bits per heavy atom. The summed E-state index contributed by atoms with van der Waals surface area (Å²) in [5.41, 5.74) is 1.28. The molecule has 0 saturated carbocycles. The van der Waals surface area contributed by atoms with Gasteiger partial charge in [0, 0.05) is 10.0 Å². The van der Waals surface area contributed by atoms with Crippen molar-refractivity contribution in [2.75, 3.05) is 6.61 Å². The summed E-state index contributed by atoms with van der Waals surface area (Å²) in [6, 6.07) is 5.52. The minimum atomic E-state index is 0.419. The molecular formula is C11H12BrNO2. The van der Waals surface area contributed by atoms with Gasteiger partial charge in [-0.25, -0.2) is 0 Å². The number of halogens is 1. The van der Waals surface area contributed by atoms with Crippen molar-refractivity contribution >= 4 is 21.6 Å². The summed E-state index contributed by atoms with van der Waals surface area (Å²) >= 11 is 3.35. The molecule has 0 aliphatic carbocycles. The molecule has 1 rings (SSSR count). The van der Waals surface area contributed by atoms with Gasteiger partial charge in [0.2, 0.25) is 0 Å². The number of nitrogens with zero attached hydrogens (tertiary/aromatic N) is 1. The largest absolute Gasteiger partial charge is 0.489 e. The van der Waals surface area contributed by atoms with E-state index in [1.807, 2.05) is 18.2 Å². The van der Waals surface area contributed by atoms with Crippen LogP contribution in [0.3, 0.4) is 0 Å². The molecule has 0 atom stereocenters. The first kappa shape index (κ1) is 11.8. The number of hydrogen-bond acceptors (Lipinski definition) is 3. The van der Waals surface area contributed by atoms with Crippen LogP contribution in [0.2, 0.25) is 0 Å². The number of oxime groups is 1. The average molecular weight is 270 g/mol. The molecule has 0 aliphatic heterocycles. The summed E-state index contributed by atoms with van der Waals surface area (Å²) in [5, 5.41) is 11.9. The van der Waals surface area contributed by atoms with Crippen molar-refractivity contribution < 1.29 is 9.94 Å². The highest BCUT2D eigenvalue weighted by Gasteiger charge is 2.07. The predicted octanol–water partition coefficient (Wildman–Crippen LogP) is 3.21. The third kappa shape index (κ3) is 3.09. The molecule has 0 saturated heterocycles. The van der Waals surface area contributed by atoms with Crippen LogP contribution in [0.25, 0.3) is 0 Å². The van der Waals surface area contributed by atoms with E-state index in [0.717, 1.165) is 10.0 Å². The van der Waals surface area contributed by atoms with E-state index in [2.05, 4.69) is 27.7 Å². The minimum absolute atomic E-state index is 0.419. The normalized spacial score (nSPS) is 11.2. The Balaban J connectivity index is 3.08. The SMILES string of the molecule is C=CCOc1cc(Br)ccc1/C(C)=N/O. The van der Waals surface area contributed by atoms with Crippen LogP contribution in [-0.2, 0) is 0 Å². The van der Waals surface area contributed by atoms with Gasteiger partial charge in [-0.2, -0.15) is 0 Å². The highest BCUT2D eigenvalue weighted by molar-refractivity contribution is 9.10. The molecule has 0 amide bonds. The van der Waals surface area contributed by atoms with Crippen LogP contribution in [-0.4, -0.2) is 17.5 Å². The first-order chi connectivity index (χ1) is 7.19. The fraction of sp³-hybridized carbons (Fsp3) is 0.182. The van der Waals surface area contributed by atoms with E-state index in [9.17, 15) is 0 Å². The van der Waals surface area contributed by atoms with Crippen molar-refractivity contribution in [3.05, 3.63) is 40.9 Å². The molecule has 0 spiro atoms. The van der Waals surface area contributed by atoms with E-state index in [1.165, 1.54) is 0 Å². The quantitative estimate of drug-likeness (QED) is 0.395. The van der Waals surface area contributed by atoms with Crippen LogP contribution in [0.1, 0.15) is 12.5 Å². The molecule has 0 aliphatic rings. The second-order valence-electron chi connectivity index (χ2n) is 2.93. The minimum Gasteiger partial charge on any atom is -0.489 e. The first-order valence-corrected chi connectivity index (χ1v) is 5.20. The molecule has 3 nitrogen and oxygen atoms in total. The monoisotopic (exact) mass is 269 g/mol. The Morgan fingerprint density at radius 2 is 2.40 bits per heavy atom. The van der Waals surface area contributed by atoms with Gasteiger partial charge in [0.1, 0.15) is 12.4 Å². The summed E-state index contributed by atoms with van der Waals surface area (Å²) in [7, 11) is 0. The lowest BCUT2D eigenvalue weighted by atomic mass is 10.1. The molecule has 0 bridgehead atoms. The van der Waals surface area contributed by atoms with Crippen LogP contribution in [0.5, 0.6) is 5.75 Å². The number of benzene rings is 1. The van der Waals surface area contributed by atoms with Gasteiger partial charge in [0.05, 0.1) is 5.71 Å². The maximum Gasteiger partial charge on any atom is 0.130 e. The maximum atomic E-state index is 8.71. The van der Waals surface area contributed by atoms with Gasteiger partial charge in [0.25, 0.3) is 0 Å². The van der Waals surface area contributed by atoms with E-state index in [1.54, 1.807) is 13.0 Å². The van der Waals surface area contributed by atoms with Gasteiger partial charge in [-0.1, -0.05) is 33.7 Å². The molecule has 0 unspecified atom stereocenters. The van der Waals surface area contributed by atoms with Crippen LogP contribution in [0.4, 0.5) is 0 Å². The summed E-state index contributed by atoms with van der Waals surface area (Å²) in [4.78, 5) is 0. The molecule has 80 valence electrons. The van der Waals surface area contributed by atoms with Crippen molar-refractivity contribution in [3.63, 3.8) is 0 Å². The lowest BCUT2D eigenvalue weighted by Crippen LogP contribution is -2.02. The number of rotatable bonds is 4. The lowest BCUT2D eigenvalue weighted by molar-refractivity contribution is 0.318. The highest BCUT2D eigenvalue weighted by atomic mass is 79.9. The summed E-state index contributed by atoms with van der Waals surface area (Å²) < 4.78 is 6.36. The molecule has 1 aromatic rings. The standard InChI is InChI=1S/C11H12BrNO2/c1-3-6-15-11-7-9(12)4-5-10(11)8(2)13-14/h3-5,7,14H,1,6H2,2H3/b13-8+. The molecule has 0 fully saturated rings. The van der Waals surface area contributed by atoms with Gasteiger partial charge in [0.15, 0.2) is 0 Å². The lowest BCUT2D eigenvalue weighted by Gasteiger charge is -2.09. The van der Waals surface area contributed by atoms with Crippen molar-refractivity contribution in [2.45, 2.75) is 6.92 Å². The zero-order valence-electron chi connectivity index (χ0n) is 8.40. The van der Waals surface area contributed by atoms with E-state index < -0.39 is 0 Å². The first-order valence-electron chi connectivity index (χ1n) is 4.41. The summed E-state index contributed by atoms with van der Waals surface area (Å²) in [5.74, 6) is 0.666. The summed E-state index contributed by atoms with van der Waals surface area (Å²) in [6.07, 6.45) is 1.66. The zero-order valence-corrected chi connectivity index (χ0v) is 9.99. The second-order valence-corrected chi connectivity index (χ2v) is 3.84. The Kier molecular flexibility index (Phi) is 4.37. The average Bonchev–Trinajstić information content (AvgIpc) is 2.25. The molecule has 15 heavy (non-hydrogen) atoms. The van der Waals surface area contributed by atoms with Crippen molar-refractivity contribution in [2.24, 2.45) is 5.16 Å². The van der Waals surface area contributed by atoms with Crippen LogP contribution < -0.4 is 4.74 Å². The van der Waals surface area contributed by atoms with Crippen molar-refractivity contribution in [1.82, 2.24) is 0 Å². The third-order valence-electron chi connectivity index (χ3n) is 1.84. The molecule has 1 aromatic carbocycles. The van der Waals surface area contributed by atoms with E-state index >= 15 is 0 Å². The second kappa shape index (κ2) is 5.56. The Morgan fingerprint density at radius 1 is 1.67 bits per heavy atom. The number of hydrogen-bond donors (Lipinski definition) is 1. The van der Waals surface area contributed by atoms with Crippen LogP contribution in [0, 0.1) is 0 Å². The predicted molar refractivity (Wildman–Crippen MR) is 63.8 cm³/mol. The van der Waals surface area contributed by atoms with E-state index in [0.29, 0.717) is 18.1 Å². The molecule has 1 N–H and O–H groups in total. The molecule has 4 heteroatoms. The maximum absolute atomic E-state index is 8.71. The molecule has 0 radical (unpaired) electrons. The van der Waals surface area contributed by atoms with Gasteiger partial charge in [-0.05, 0) is 25.1 Å². The Labute approximate surface area is 97.2 Å². The Bertz CT molecular complexity index is 388. The van der Waals surface area contributed by atoms with Crippen LogP contribution in [0.15, 0.2) is 40.5 Å². The molecule has 0 aromatic heterocycles. The van der Waals surface area contributed by atoms with Crippen molar-refractivity contribution in [3.8, 4) is 5.75 Å². The van der Waals surface area contributed by atoms with Gasteiger partial charge < -0.3 is 9.94 Å². The van der Waals surface area contributed by atoms with Gasteiger partial charge >= 0.3 is 0 Å². The Hall–Kier alpha value is -1.29. The number of ether oxygens (including phenoxy) is 1. The third-order valence-corrected chi connectivity index (χ3v) is 2.33. The van der Waals surface area contributed by atoms with Crippen molar-refractivity contribution in [1.29, 1.82) is 0 Å². The smallest absolute Gasteiger partial charge is 0.130 e. The fourth-order valence-electron chi connectivity index (χ4n) is 1.12. The topological polar surface area (TPSA) is 41.8 Å². The van der Waals surface area contributed by atoms with Crippen LogP contribution >= 0.6 is 15.9 Å².